The number of hydrogen-bond donors (Lipinski definition) is 4. The highest BCUT2D eigenvalue weighted by molar-refractivity contribution is 6.30. The number of para-hydroxylation sites is 1. The first-order valence-electron chi connectivity index (χ1n) is 9.86. The lowest BCUT2D eigenvalue weighted by molar-refractivity contribution is -0.115. The molecule has 1 atom stereocenters. The maximum Gasteiger partial charge on any atom is 0.253 e. The molecule has 0 bridgehead atoms. The third kappa shape index (κ3) is 6.03. The summed E-state index contributed by atoms with van der Waals surface area (Å²) < 4.78 is 0. The number of aliphatic hydroxyl groups excluding tert-OH is 1. The lowest BCUT2D eigenvalue weighted by Gasteiger charge is -2.18. The van der Waals surface area contributed by atoms with Crippen LogP contribution in [0.25, 0.3) is 0 Å². The number of rotatable bonds is 8. The number of halogens is 1. The van der Waals surface area contributed by atoms with Gasteiger partial charge in [-0.05, 0) is 42.7 Å². The second-order valence-corrected chi connectivity index (χ2v) is 7.66. The van der Waals surface area contributed by atoms with Gasteiger partial charge in [-0.2, -0.15) is 0 Å². The van der Waals surface area contributed by atoms with Gasteiger partial charge in [0.25, 0.3) is 5.91 Å². The van der Waals surface area contributed by atoms with Crippen molar-refractivity contribution in [1.29, 1.82) is 0 Å². The number of aliphatic hydroxyl groups is 1. The molecule has 7 heteroatoms. The van der Waals surface area contributed by atoms with E-state index < -0.39 is 6.04 Å². The van der Waals surface area contributed by atoms with Crippen LogP contribution in [-0.2, 0) is 4.79 Å². The molecule has 1 fully saturated rings. The van der Waals surface area contributed by atoms with Gasteiger partial charge in [-0.25, -0.2) is 0 Å². The van der Waals surface area contributed by atoms with Gasteiger partial charge in [0, 0.05) is 11.1 Å². The van der Waals surface area contributed by atoms with Gasteiger partial charge in [0.1, 0.15) is 0 Å². The zero-order chi connectivity index (χ0) is 20.6. The van der Waals surface area contributed by atoms with E-state index in [4.69, 9.17) is 11.6 Å². The fraction of sp³-hybridized carbons (Fsp3) is 0.364. The first-order chi connectivity index (χ1) is 14.1. The predicted octanol–water partition coefficient (Wildman–Crippen LogP) is 3.27. The van der Waals surface area contributed by atoms with E-state index >= 15 is 0 Å². The molecule has 1 aliphatic rings. The van der Waals surface area contributed by atoms with E-state index in [-0.39, 0.29) is 31.0 Å². The number of hydrogen-bond acceptors (Lipinski definition) is 4. The van der Waals surface area contributed by atoms with Crippen LogP contribution in [0.15, 0.2) is 48.5 Å². The van der Waals surface area contributed by atoms with Crippen LogP contribution in [0.5, 0.6) is 0 Å². The van der Waals surface area contributed by atoms with Gasteiger partial charge in [0.2, 0.25) is 5.91 Å². The Morgan fingerprint density at radius 1 is 1.10 bits per heavy atom. The molecule has 154 valence electrons. The van der Waals surface area contributed by atoms with E-state index in [9.17, 15) is 14.7 Å². The van der Waals surface area contributed by atoms with Gasteiger partial charge in [-0.15, -0.1) is 0 Å². The molecular formula is C22H26ClN3O3. The van der Waals surface area contributed by atoms with E-state index in [1.807, 2.05) is 6.07 Å². The minimum atomic E-state index is -0.416. The molecule has 1 aliphatic carbocycles. The zero-order valence-electron chi connectivity index (χ0n) is 16.2. The van der Waals surface area contributed by atoms with Gasteiger partial charge in [0.15, 0.2) is 0 Å². The average molecular weight is 416 g/mol. The average Bonchev–Trinajstić information content (AvgIpc) is 3.22. The van der Waals surface area contributed by atoms with Crippen LogP contribution in [0.2, 0.25) is 5.02 Å². The second-order valence-electron chi connectivity index (χ2n) is 7.22. The van der Waals surface area contributed by atoms with Crippen LogP contribution in [0.1, 0.15) is 47.6 Å². The van der Waals surface area contributed by atoms with Gasteiger partial charge < -0.3 is 15.7 Å². The topological polar surface area (TPSA) is 90.5 Å². The molecule has 29 heavy (non-hydrogen) atoms. The third-order valence-electron chi connectivity index (χ3n) is 5.08. The van der Waals surface area contributed by atoms with Crippen molar-refractivity contribution in [2.45, 2.75) is 37.8 Å². The van der Waals surface area contributed by atoms with Crippen LogP contribution in [0.3, 0.4) is 0 Å². The SMILES string of the molecule is O=C(CNC(CO)c1cccc(Cl)c1)Nc1ccccc1C(=O)NC1CCCC1. The molecule has 0 saturated heterocycles. The van der Waals surface area contributed by atoms with E-state index in [0.717, 1.165) is 31.2 Å². The molecule has 1 unspecified atom stereocenters. The summed E-state index contributed by atoms with van der Waals surface area (Å²) in [6.45, 7) is -0.190. The molecule has 0 aromatic heterocycles. The van der Waals surface area contributed by atoms with E-state index in [1.54, 1.807) is 42.5 Å². The monoisotopic (exact) mass is 415 g/mol. The summed E-state index contributed by atoms with van der Waals surface area (Å²) in [5.74, 6) is -0.473. The minimum absolute atomic E-state index is 0.0175. The molecule has 0 aliphatic heterocycles. The first kappa shape index (κ1) is 21.3. The molecule has 0 spiro atoms. The molecule has 1 saturated carbocycles. The van der Waals surface area contributed by atoms with Crippen molar-refractivity contribution in [2.75, 3.05) is 18.5 Å². The molecule has 3 rings (SSSR count). The summed E-state index contributed by atoms with van der Waals surface area (Å²) in [7, 11) is 0. The molecule has 2 aromatic carbocycles. The van der Waals surface area contributed by atoms with Crippen LogP contribution in [-0.4, -0.2) is 36.1 Å². The van der Waals surface area contributed by atoms with Crippen molar-refractivity contribution < 1.29 is 14.7 Å². The van der Waals surface area contributed by atoms with Gasteiger partial charge >= 0.3 is 0 Å². The fourth-order valence-electron chi connectivity index (χ4n) is 3.54. The second kappa shape index (κ2) is 10.4. The zero-order valence-corrected chi connectivity index (χ0v) is 16.9. The fourth-order valence-corrected chi connectivity index (χ4v) is 3.74. The van der Waals surface area contributed by atoms with Crippen molar-refractivity contribution in [3.63, 3.8) is 0 Å². The maximum absolute atomic E-state index is 12.6. The Balaban J connectivity index is 1.59. The normalized spacial score (nSPS) is 15.1. The molecular weight excluding hydrogens is 390 g/mol. The van der Waals surface area contributed by atoms with Crippen LogP contribution < -0.4 is 16.0 Å². The van der Waals surface area contributed by atoms with Crippen molar-refractivity contribution in [2.24, 2.45) is 0 Å². The maximum atomic E-state index is 12.6. The summed E-state index contributed by atoms with van der Waals surface area (Å²) in [5.41, 5.74) is 1.71. The lowest BCUT2D eigenvalue weighted by atomic mass is 10.1. The smallest absolute Gasteiger partial charge is 0.253 e. The Morgan fingerprint density at radius 2 is 1.86 bits per heavy atom. The van der Waals surface area contributed by atoms with Crippen molar-refractivity contribution >= 4 is 29.1 Å². The summed E-state index contributed by atoms with van der Waals surface area (Å²) in [6.07, 6.45) is 4.26. The number of anilines is 1. The third-order valence-corrected chi connectivity index (χ3v) is 5.31. The van der Waals surface area contributed by atoms with Gasteiger partial charge in [0.05, 0.1) is 30.4 Å². The van der Waals surface area contributed by atoms with E-state index in [0.29, 0.717) is 16.3 Å². The molecule has 4 N–H and O–H groups in total. The highest BCUT2D eigenvalue weighted by atomic mass is 35.5. The van der Waals surface area contributed by atoms with Crippen molar-refractivity contribution in [3.05, 3.63) is 64.7 Å². The highest BCUT2D eigenvalue weighted by Crippen LogP contribution is 2.21. The van der Waals surface area contributed by atoms with Crippen LogP contribution in [0, 0.1) is 0 Å². The lowest BCUT2D eigenvalue weighted by Crippen LogP contribution is -2.35. The van der Waals surface area contributed by atoms with Gasteiger partial charge in [-0.1, -0.05) is 48.7 Å². The van der Waals surface area contributed by atoms with Crippen molar-refractivity contribution in [3.8, 4) is 0 Å². The highest BCUT2D eigenvalue weighted by Gasteiger charge is 2.20. The Hall–Kier alpha value is -2.41. The Morgan fingerprint density at radius 3 is 2.59 bits per heavy atom. The molecule has 0 radical (unpaired) electrons. The standard InChI is InChI=1S/C22H26ClN3O3/c23-16-7-5-6-15(12-16)20(14-27)24-13-21(28)26-19-11-4-3-10-18(19)22(29)25-17-8-1-2-9-17/h3-7,10-12,17,20,24,27H,1-2,8-9,13-14H2,(H,25,29)(H,26,28). The first-order valence-corrected chi connectivity index (χ1v) is 10.2. The number of carbonyl (C=O) groups excluding carboxylic acids is 2. The Labute approximate surface area is 175 Å². The molecule has 6 nitrogen and oxygen atoms in total. The Bertz CT molecular complexity index is 853. The molecule has 0 heterocycles. The largest absolute Gasteiger partial charge is 0.394 e. The molecule has 2 amide bonds. The number of amides is 2. The van der Waals surface area contributed by atoms with E-state index in [1.165, 1.54) is 0 Å². The summed E-state index contributed by atoms with van der Waals surface area (Å²) in [4.78, 5) is 25.0. The van der Waals surface area contributed by atoms with Crippen LogP contribution in [0.4, 0.5) is 5.69 Å². The van der Waals surface area contributed by atoms with Crippen molar-refractivity contribution in [1.82, 2.24) is 10.6 Å². The summed E-state index contributed by atoms with van der Waals surface area (Å²) in [5, 5.41) is 19.1. The number of nitrogens with one attached hydrogen (secondary N) is 3. The van der Waals surface area contributed by atoms with E-state index in [2.05, 4.69) is 16.0 Å². The van der Waals surface area contributed by atoms with Crippen LogP contribution >= 0.6 is 11.6 Å². The predicted molar refractivity (Wildman–Crippen MR) is 114 cm³/mol. The number of carbonyl (C=O) groups is 2. The molecule has 2 aromatic rings. The summed E-state index contributed by atoms with van der Waals surface area (Å²) in [6, 6.07) is 13.9. The minimum Gasteiger partial charge on any atom is -0.394 e. The number of benzene rings is 2. The quantitative estimate of drug-likeness (QED) is 0.532. The summed E-state index contributed by atoms with van der Waals surface area (Å²) >= 11 is 6.00. The Kier molecular flexibility index (Phi) is 7.63. The van der Waals surface area contributed by atoms with Gasteiger partial charge in [-0.3, -0.25) is 14.9 Å².